The summed E-state index contributed by atoms with van der Waals surface area (Å²) in [7, 11) is 0. The number of benzene rings is 1. The summed E-state index contributed by atoms with van der Waals surface area (Å²) in [4.78, 5) is 0. The van der Waals surface area contributed by atoms with E-state index in [4.69, 9.17) is 0 Å². The van der Waals surface area contributed by atoms with Gasteiger partial charge in [-0.15, -0.1) is 0 Å². The molecule has 0 N–H and O–H groups in total. The van der Waals surface area contributed by atoms with Crippen molar-refractivity contribution in [2.75, 3.05) is 0 Å². The van der Waals surface area contributed by atoms with Crippen molar-refractivity contribution in [2.24, 2.45) is 0 Å². The molecule has 0 aliphatic heterocycles. The molecule has 1 aromatic carbocycles. The Hall–Kier alpha value is -0.460. The first kappa shape index (κ1) is 12.6. The van der Waals surface area contributed by atoms with E-state index in [0.717, 1.165) is 0 Å². The van der Waals surface area contributed by atoms with Crippen molar-refractivity contribution in [3.63, 3.8) is 0 Å². The summed E-state index contributed by atoms with van der Waals surface area (Å²) in [5.41, 5.74) is 4.73. The summed E-state index contributed by atoms with van der Waals surface area (Å²) in [6.07, 6.45) is 13.0. The monoisotopic (exact) mass is 328 g/mol. The van der Waals surface area contributed by atoms with E-state index in [1.807, 2.05) is 0 Å². The second kappa shape index (κ2) is 4.90. The van der Waals surface area contributed by atoms with E-state index < -0.39 is 28.3 Å². The van der Waals surface area contributed by atoms with E-state index in [2.05, 4.69) is 67.7 Å². The van der Waals surface area contributed by atoms with Gasteiger partial charge in [-0.05, 0) is 0 Å². The fraction of sp³-hybridized carbons (Fsp3) is 0.250. The summed E-state index contributed by atoms with van der Waals surface area (Å²) in [5, 5.41) is 0. The molecule has 0 bridgehead atoms. The van der Waals surface area contributed by atoms with E-state index in [1.54, 1.807) is 11.1 Å². The minimum absolute atomic E-state index is 0.379. The molecule has 0 aromatic heterocycles. The van der Waals surface area contributed by atoms with Crippen LogP contribution in [0.2, 0.25) is 13.1 Å². The Balaban J connectivity index is 2.11. The summed E-state index contributed by atoms with van der Waals surface area (Å²) >= 11 is -0.397. The van der Waals surface area contributed by atoms with Gasteiger partial charge in [0, 0.05) is 0 Å². The molecule has 90 valence electrons. The molecule has 0 spiro atoms. The van der Waals surface area contributed by atoms with Crippen LogP contribution in [0.1, 0.15) is 17.5 Å². The van der Waals surface area contributed by atoms with Crippen LogP contribution in [-0.4, -0.2) is 5.92 Å². The van der Waals surface area contributed by atoms with Crippen LogP contribution < -0.4 is 0 Å². The van der Waals surface area contributed by atoms with Crippen molar-refractivity contribution < 1.29 is 22.4 Å². The number of hydrogen-bond acceptors (Lipinski definition) is 0. The zero-order valence-corrected chi connectivity index (χ0v) is 14.6. The molecule has 0 saturated heterocycles. The minimum atomic E-state index is -0.456. The normalized spacial score (nSPS) is 24.5. The second-order valence-corrected chi connectivity index (χ2v) is 20.5. The van der Waals surface area contributed by atoms with Gasteiger partial charge >= 0.3 is 122 Å². The zero-order valence-electron chi connectivity index (χ0n) is 11.0. The van der Waals surface area contributed by atoms with E-state index in [0.29, 0.717) is 3.12 Å². The van der Waals surface area contributed by atoms with Gasteiger partial charge in [-0.2, -0.15) is 0 Å². The van der Waals surface area contributed by atoms with Gasteiger partial charge in [-0.25, -0.2) is 0 Å². The molecule has 1 aromatic rings. The van der Waals surface area contributed by atoms with Crippen LogP contribution in [0, 0.1) is 0 Å². The van der Waals surface area contributed by atoms with Crippen molar-refractivity contribution in [3.05, 3.63) is 65.3 Å². The molecular weight excluding hydrogens is 311 g/mol. The predicted molar refractivity (Wildman–Crippen MR) is 77.9 cm³/mol. The summed E-state index contributed by atoms with van der Waals surface area (Å²) < 4.78 is 0.379. The quantitative estimate of drug-likeness (QED) is 0.739. The van der Waals surface area contributed by atoms with E-state index in [9.17, 15) is 0 Å². The van der Waals surface area contributed by atoms with Crippen LogP contribution in [-0.2, 0) is 25.5 Å². The first-order valence-electron chi connectivity index (χ1n) is 6.65. The van der Waals surface area contributed by atoms with Crippen LogP contribution in [0.25, 0.3) is 6.08 Å². The molecule has 0 heterocycles. The van der Waals surface area contributed by atoms with Gasteiger partial charge in [0.15, 0.2) is 0 Å². The first-order valence-corrected chi connectivity index (χ1v) is 15.0. The van der Waals surface area contributed by atoms with Gasteiger partial charge in [-0.3, -0.25) is 0 Å². The standard InChI is InChI=1S/C14H11.C2H7Si.Zr/c1-2-6-11(5-1)14-10-9-12-7-3-4-8-13(12)14;1-3-2;/h1-5,7-10H,6H2;3H,1-2H3;. The molecular formula is C16H18SiZr. The molecule has 0 saturated carbocycles. The van der Waals surface area contributed by atoms with Crippen molar-refractivity contribution in [3.8, 4) is 0 Å². The maximum absolute atomic E-state index is 2.54. The summed E-state index contributed by atoms with van der Waals surface area (Å²) in [6, 6.07) is 9.02. The number of fused-ring (bicyclic) bond motifs is 1. The third-order valence-electron chi connectivity index (χ3n) is 3.69. The molecule has 2 aliphatic carbocycles. The van der Waals surface area contributed by atoms with Crippen LogP contribution in [0.4, 0.5) is 0 Å². The average molecular weight is 330 g/mol. The van der Waals surface area contributed by atoms with Gasteiger partial charge < -0.3 is 0 Å². The molecule has 2 heteroatoms. The number of allylic oxidation sites excluding steroid dienone is 5. The summed E-state index contributed by atoms with van der Waals surface area (Å²) in [6.45, 7) is 5.07. The van der Waals surface area contributed by atoms with Crippen LogP contribution in [0.5, 0.6) is 0 Å². The van der Waals surface area contributed by atoms with E-state index >= 15 is 0 Å². The molecule has 3 rings (SSSR count). The molecule has 0 amide bonds. The van der Waals surface area contributed by atoms with E-state index in [1.165, 1.54) is 12.0 Å². The van der Waals surface area contributed by atoms with Crippen molar-refractivity contribution in [2.45, 2.75) is 22.6 Å². The van der Waals surface area contributed by atoms with Crippen molar-refractivity contribution in [1.29, 1.82) is 0 Å². The van der Waals surface area contributed by atoms with Gasteiger partial charge in [0.1, 0.15) is 0 Å². The Labute approximate surface area is 122 Å². The Bertz CT molecular complexity index is 554. The van der Waals surface area contributed by atoms with Crippen LogP contribution >= 0.6 is 0 Å². The fourth-order valence-electron chi connectivity index (χ4n) is 3.00. The number of hydrogen-bond donors (Lipinski definition) is 0. The third-order valence-corrected chi connectivity index (χ3v) is 14.2. The topological polar surface area (TPSA) is 0 Å². The molecule has 0 nitrogen and oxygen atoms in total. The van der Waals surface area contributed by atoms with Crippen molar-refractivity contribution >= 4 is 12.0 Å². The SMILES string of the molecule is C[SiH](C)[Zr][C]1(C2=CC=CC2)C=Cc2ccccc21. The van der Waals surface area contributed by atoms with Gasteiger partial charge in [0.05, 0.1) is 0 Å². The van der Waals surface area contributed by atoms with Crippen LogP contribution in [0.15, 0.2) is 54.1 Å². The molecule has 18 heavy (non-hydrogen) atoms. The Morgan fingerprint density at radius 2 is 2.06 bits per heavy atom. The zero-order chi connectivity index (χ0) is 12.6. The molecule has 0 radical (unpaired) electrons. The Morgan fingerprint density at radius 1 is 1.22 bits per heavy atom. The van der Waals surface area contributed by atoms with E-state index in [-0.39, 0.29) is 0 Å². The maximum atomic E-state index is 2.54. The number of rotatable bonds is 3. The average Bonchev–Trinajstić information content (AvgIpc) is 2.97. The molecule has 2 aliphatic rings. The van der Waals surface area contributed by atoms with Gasteiger partial charge in [-0.1, -0.05) is 0 Å². The fourth-order valence-corrected chi connectivity index (χ4v) is 15.5. The molecule has 0 fully saturated rings. The van der Waals surface area contributed by atoms with Gasteiger partial charge in [0.25, 0.3) is 0 Å². The molecule has 1 unspecified atom stereocenters. The van der Waals surface area contributed by atoms with Crippen LogP contribution in [0.3, 0.4) is 0 Å². The predicted octanol–water partition coefficient (Wildman–Crippen LogP) is 3.86. The third kappa shape index (κ3) is 2.00. The Morgan fingerprint density at radius 3 is 2.78 bits per heavy atom. The second-order valence-electron chi connectivity index (χ2n) is 5.35. The Kier molecular flexibility index (Phi) is 3.42. The first-order chi connectivity index (χ1) is 8.72. The van der Waals surface area contributed by atoms with Crippen molar-refractivity contribution in [1.82, 2.24) is 0 Å². The van der Waals surface area contributed by atoms with Gasteiger partial charge in [0.2, 0.25) is 0 Å². The molecule has 1 atom stereocenters. The summed E-state index contributed by atoms with van der Waals surface area (Å²) in [5.74, 6) is -0.456.